The van der Waals surface area contributed by atoms with Crippen LogP contribution in [0.5, 0.6) is 0 Å². The van der Waals surface area contributed by atoms with Crippen LogP contribution in [-0.2, 0) is 9.53 Å². The number of allylic oxidation sites excluding steroid dienone is 1. The van der Waals surface area contributed by atoms with Crippen LogP contribution in [0.4, 0.5) is 0 Å². The van der Waals surface area contributed by atoms with Gasteiger partial charge in [-0.25, -0.2) is 0 Å². The van der Waals surface area contributed by atoms with Crippen molar-refractivity contribution in [2.75, 3.05) is 19.6 Å². The van der Waals surface area contributed by atoms with Crippen molar-refractivity contribution in [1.82, 2.24) is 4.90 Å². The van der Waals surface area contributed by atoms with Crippen LogP contribution in [0.3, 0.4) is 0 Å². The Balaban J connectivity index is 1.24. The lowest BCUT2D eigenvalue weighted by molar-refractivity contribution is -0.151. The standard InChI is InChI=1S/C31H51NO2/c1-21(2)7-6-8-22(3)26-11-12-27-25-10-9-23-19-24(34-29(33)20-32-17-18-32)13-15-30(23,4)28(25)14-16-31(26,27)5/h9,21-22,24-28H,6-8,10-20H2,1-5H3/t22-,24?,25+,26-,27+,28+,30+,31-/m1/s1. The first-order valence-corrected chi connectivity index (χ1v) is 14.8. The molecule has 1 unspecified atom stereocenters. The van der Waals surface area contributed by atoms with Gasteiger partial charge in [0.1, 0.15) is 6.10 Å². The minimum absolute atomic E-state index is 0.00617. The third-order valence-electron chi connectivity index (χ3n) is 11.5. The Morgan fingerprint density at radius 1 is 1.06 bits per heavy atom. The highest BCUT2D eigenvalue weighted by molar-refractivity contribution is 5.72. The largest absolute Gasteiger partial charge is 0.461 e. The number of esters is 1. The number of hydrogen-bond acceptors (Lipinski definition) is 3. The molecular formula is C31H51NO2. The second kappa shape index (κ2) is 9.56. The van der Waals surface area contributed by atoms with Crippen LogP contribution in [0.15, 0.2) is 11.6 Å². The lowest BCUT2D eigenvalue weighted by Gasteiger charge is -2.58. The van der Waals surface area contributed by atoms with Gasteiger partial charge in [-0.2, -0.15) is 0 Å². The minimum atomic E-state index is -0.00617. The molecule has 5 rings (SSSR count). The molecule has 34 heavy (non-hydrogen) atoms. The Bertz CT molecular complexity index is 784. The Morgan fingerprint density at radius 2 is 1.85 bits per heavy atom. The average molecular weight is 470 g/mol. The molecule has 1 heterocycles. The van der Waals surface area contributed by atoms with Crippen molar-refractivity contribution in [3.8, 4) is 0 Å². The molecule has 192 valence electrons. The van der Waals surface area contributed by atoms with E-state index in [0.29, 0.717) is 17.4 Å². The van der Waals surface area contributed by atoms with Gasteiger partial charge < -0.3 is 4.74 Å². The summed E-state index contributed by atoms with van der Waals surface area (Å²) in [6, 6.07) is 0. The molecule has 0 N–H and O–H groups in total. The Kier molecular flexibility index (Phi) is 6.99. The first-order chi connectivity index (χ1) is 16.2. The van der Waals surface area contributed by atoms with Crippen LogP contribution in [0.1, 0.15) is 105 Å². The normalized spacial score (nSPS) is 42.4. The molecule has 4 aliphatic carbocycles. The van der Waals surface area contributed by atoms with Gasteiger partial charge in [-0.3, -0.25) is 9.69 Å². The highest BCUT2D eigenvalue weighted by Gasteiger charge is 2.59. The molecule has 3 nitrogen and oxygen atoms in total. The topological polar surface area (TPSA) is 29.3 Å². The van der Waals surface area contributed by atoms with Crippen LogP contribution in [0, 0.1) is 46.3 Å². The minimum Gasteiger partial charge on any atom is -0.461 e. The zero-order chi connectivity index (χ0) is 24.1. The van der Waals surface area contributed by atoms with Gasteiger partial charge in [0.15, 0.2) is 0 Å². The van der Waals surface area contributed by atoms with Crippen LogP contribution in [-0.4, -0.2) is 36.6 Å². The van der Waals surface area contributed by atoms with Crippen molar-refractivity contribution in [1.29, 1.82) is 0 Å². The third-order valence-corrected chi connectivity index (χ3v) is 11.5. The predicted octanol–water partition coefficient (Wildman–Crippen LogP) is 7.26. The summed E-state index contributed by atoms with van der Waals surface area (Å²) in [4.78, 5) is 14.4. The van der Waals surface area contributed by atoms with E-state index >= 15 is 0 Å². The van der Waals surface area contributed by atoms with Crippen molar-refractivity contribution in [2.45, 2.75) is 111 Å². The van der Waals surface area contributed by atoms with Gasteiger partial charge in [0.2, 0.25) is 0 Å². The number of rotatable bonds is 8. The maximum Gasteiger partial charge on any atom is 0.320 e. The van der Waals surface area contributed by atoms with Crippen LogP contribution < -0.4 is 0 Å². The number of carbonyl (C=O) groups is 1. The Morgan fingerprint density at radius 3 is 2.59 bits per heavy atom. The van der Waals surface area contributed by atoms with E-state index in [-0.39, 0.29) is 12.1 Å². The number of fused-ring (bicyclic) bond motifs is 5. The van der Waals surface area contributed by atoms with E-state index in [1.165, 1.54) is 57.8 Å². The highest BCUT2D eigenvalue weighted by Crippen LogP contribution is 2.67. The van der Waals surface area contributed by atoms with Crippen molar-refractivity contribution in [2.24, 2.45) is 46.3 Å². The van der Waals surface area contributed by atoms with Crippen LogP contribution >= 0.6 is 0 Å². The van der Waals surface area contributed by atoms with E-state index in [9.17, 15) is 4.79 Å². The molecule has 3 saturated carbocycles. The molecule has 3 heteroatoms. The van der Waals surface area contributed by atoms with E-state index in [1.807, 2.05) is 0 Å². The number of ether oxygens (including phenoxy) is 1. The van der Waals surface area contributed by atoms with E-state index in [0.717, 1.165) is 61.4 Å². The molecule has 0 bridgehead atoms. The third kappa shape index (κ3) is 4.64. The molecule has 1 aliphatic heterocycles. The summed E-state index contributed by atoms with van der Waals surface area (Å²) in [5, 5.41) is 0. The SMILES string of the molecule is CC(C)CCC[C@@H](C)[C@H]1CC[C@H]2[C@@H]3CC=C4CC(OC(=O)CN5CC5)CC[C@]4(C)[C@H]3CC[C@]12C. The van der Waals surface area contributed by atoms with Gasteiger partial charge in [0.05, 0.1) is 6.54 Å². The second-order valence-electron chi connectivity index (χ2n) is 13.9. The number of nitrogens with zero attached hydrogens (tertiary/aromatic N) is 1. The zero-order valence-corrected chi connectivity index (χ0v) is 22.8. The van der Waals surface area contributed by atoms with Gasteiger partial charge >= 0.3 is 5.97 Å². The molecular weight excluding hydrogens is 418 g/mol. The smallest absolute Gasteiger partial charge is 0.320 e. The Hall–Kier alpha value is -0.830. The van der Waals surface area contributed by atoms with Gasteiger partial charge in [0.25, 0.3) is 0 Å². The van der Waals surface area contributed by atoms with Crippen molar-refractivity contribution >= 4 is 5.97 Å². The lowest BCUT2D eigenvalue weighted by atomic mass is 9.47. The molecule has 5 aliphatic rings. The van der Waals surface area contributed by atoms with E-state index in [1.54, 1.807) is 5.57 Å². The summed E-state index contributed by atoms with van der Waals surface area (Å²) in [6.45, 7) is 15.2. The quantitative estimate of drug-likeness (QED) is 0.213. The number of hydrogen-bond donors (Lipinski definition) is 0. The lowest BCUT2D eigenvalue weighted by Crippen LogP contribution is -2.51. The van der Waals surface area contributed by atoms with Gasteiger partial charge in [-0.05, 0) is 91.3 Å². The molecule has 0 amide bonds. The molecule has 8 atom stereocenters. The van der Waals surface area contributed by atoms with Gasteiger partial charge in [-0.1, -0.05) is 65.5 Å². The molecule has 1 saturated heterocycles. The molecule has 0 aromatic heterocycles. The molecule has 4 fully saturated rings. The first-order valence-electron chi connectivity index (χ1n) is 14.8. The maximum atomic E-state index is 12.3. The average Bonchev–Trinajstić information content (AvgIpc) is 3.51. The molecule has 0 spiro atoms. The van der Waals surface area contributed by atoms with Crippen molar-refractivity contribution in [3.05, 3.63) is 11.6 Å². The van der Waals surface area contributed by atoms with Crippen LogP contribution in [0.2, 0.25) is 0 Å². The summed E-state index contributed by atoms with van der Waals surface area (Å²) in [5.74, 6) is 5.29. The number of carbonyl (C=O) groups excluding carboxylic acids is 1. The Labute approximate surface area is 209 Å². The maximum absolute atomic E-state index is 12.3. The van der Waals surface area contributed by atoms with Crippen LogP contribution in [0.25, 0.3) is 0 Å². The summed E-state index contributed by atoms with van der Waals surface area (Å²) >= 11 is 0. The first kappa shape index (κ1) is 24.8. The predicted molar refractivity (Wildman–Crippen MR) is 139 cm³/mol. The van der Waals surface area contributed by atoms with E-state index in [4.69, 9.17) is 4.74 Å². The summed E-state index contributed by atoms with van der Waals surface area (Å²) in [6.07, 6.45) is 17.3. The fourth-order valence-corrected chi connectivity index (χ4v) is 9.39. The fourth-order valence-electron chi connectivity index (χ4n) is 9.39. The summed E-state index contributed by atoms with van der Waals surface area (Å²) in [5.41, 5.74) is 2.53. The second-order valence-corrected chi connectivity index (χ2v) is 13.9. The summed E-state index contributed by atoms with van der Waals surface area (Å²) in [7, 11) is 0. The molecule has 0 radical (unpaired) electrons. The van der Waals surface area contributed by atoms with Gasteiger partial charge in [0, 0.05) is 19.5 Å². The van der Waals surface area contributed by atoms with E-state index in [2.05, 4.69) is 45.6 Å². The summed E-state index contributed by atoms with van der Waals surface area (Å²) < 4.78 is 5.92. The highest BCUT2D eigenvalue weighted by atomic mass is 16.5. The van der Waals surface area contributed by atoms with E-state index < -0.39 is 0 Å². The molecule has 0 aromatic rings. The zero-order valence-electron chi connectivity index (χ0n) is 22.8. The fraction of sp³-hybridized carbons (Fsp3) is 0.903. The van der Waals surface area contributed by atoms with Gasteiger partial charge in [-0.15, -0.1) is 0 Å². The van der Waals surface area contributed by atoms with Crippen molar-refractivity contribution in [3.63, 3.8) is 0 Å². The van der Waals surface area contributed by atoms with Crippen molar-refractivity contribution < 1.29 is 9.53 Å². The monoisotopic (exact) mass is 469 g/mol. The molecule has 0 aromatic carbocycles.